The number of piperazine rings is 1. The number of amides is 2. The van der Waals surface area contributed by atoms with Gasteiger partial charge in [-0.15, -0.1) is 0 Å². The van der Waals surface area contributed by atoms with Crippen LogP contribution in [0.5, 0.6) is 0 Å². The first-order valence-electron chi connectivity index (χ1n) is 6.80. The number of halogens is 2. The Morgan fingerprint density at radius 3 is 2.29 bits per heavy atom. The van der Waals surface area contributed by atoms with Crippen molar-refractivity contribution >= 4 is 11.8 Å². The van der Waals surface area contributed by atoms with E-state index in [0.29, 0.717) is 26.2 Å². The molecule has 1 saturated heterocycles. The van der Waals surface area contributed by atoms with Crippen molar-refractivity contribution in [1.29, 1.82) is 0 Å². The SMILES string of the molecule is CC(C)C(=O)N1CCN(C(=O)c2ccnc(F)c2F)CC1. The van der Waals surface area contributed by atoms with Gasteiger partial charge in [-0.05, 0) is 6.07 Å². The third-order valence-corrected chi connectivity index (χ3v) is 3.45. The standard InChI is InChI=1S/C14H17F2N3O2/c1-9(2)13(20)18-5-7-19(8-6-18)14(21)10-3-4-17-12(16)11(10)15/h3-4,9H,5-8H2,1-2H3. The van der Waals surface area contributed by atoms with E-state index in [9.17, 15) is 18.4 Å². The summed E-state index contributed by atoms with van der Waals surface area (Å²) >= 11 is 0. The average Bonchev–Trinajstić information content (AvgIpc) is 2.48. The topological polar surface area (TPSA) is 53.5 Å². The smallest absolute Gasteiger partial charge is 0.257 e. The molecule has 0 spiro atoms. The van der Waals surface area contributed by atoms with Gasteiger partial charge in [0.05, 0.1) is 5.56 Å². The van der Waals surface area contributed by atoms with Crippen LogP contribution in [0, 0.1) is 17.7 Å². The maximum Gasteiger partial charge on any atom is 0.257 e. The van der Waals surface area contributed by atoms with Gasteiger partial charge < -0.3 is 9.80 Å². The second-order valence-corrected chi connectivity index (χ2v) is 5.24. The van der Waals surface area contributed by atoms with Crippen LogP contribution < -0.4 is 0 Å². The molecule has 1 fully saturated rings. The Morgan fingerprint density at radius 1 is 1.14 bits per heavy atom. The lowest BCUT2D eigenvalue weighted by atomic mass is 10.1. The highest BCUT2D eigenvalue weighted by atomic mass is 19.2. The molecular formula is C14H17F2N3O2. The summed E-state index contributed by atoms with van der Waals surface area (Å²) in [7, 11) is 0. The molecule has 114 valence electrons. The number of rotatable bonds is 2. The lowest BCUT2D eigenvalue weighted by molar-refractivity contribution is -0.135. The third kappa shape index (κ3) is 3.17. The van der Waals surface area contributed by atoms with Crippen molar-refractivity contribution in [2.75, 3.05) is 26.2 Å². The molecule has 2 heterocycles. The first-order valence-corrected chi connectivity index (χ1v) is 6.80. The highest BCUT2D eigenvalue weighted by molar-refractivity contribution is 5.94. The Balaban J connectivity index is 2.04. The normalized spacial score (nSPS) is 15.5. The van der Waals surface area contributed by atoms with Crippen molar-refractivity contribution in [3.8, 4) is 0 Å². The molecule has 1 aliphatic rings. The lowest BCUT2D eigenvalue weighted by Crippen LogP contribution is -2.51. The summed E-state index contributed by atoms with van der Waals surface area (Å²) in [6, 6.07) is 1.16. The summed E-state index contributed by atoms with van der Waals surface area (Å²) in [5.41, 5.74) is -0.328. The van der Waals surface area contributed by atoms with E-state index in [1.54, 1.807) is 4.90 Å². The minimum Gasteiger partial charge on any atom is -0.339 e. The highest BCUT2D eigenvalue weighted by Crippen LogP contribution is 2.14. The molecule has 7 heteroatoms. The second kappa shape index (κ2) is 6.15. The molecule has 0 bridgehead atoms. The number of hydrogen-bond donors (Lipinski definition) is 0. The zero-order valence-corrected chi connectivity index (χ0v) is 12.0. The Hall–Kier alpha value is -2.05. The zero-order chi connectivity index (χ0) is 15.6. The van der Waals surface area contributed by atoms with Gasteiger partial charge in [0, 0.05) is 38.3 Å². The quantitative estimate of drug-likeness (QED) is 0.773. The number of carbonyl (C=O) groups excluding carboxylic acids is 2. The lowest BCUT2D eigenvalue weighted by Gasteiger charge is -2.35. The van der Waals surface area contributed by atoms with Crippen molar-refractivity contribution in [3.63, 3.8) is 0 Å². The molecule has 0 aromatic carbocycles. The summed E-state index contributed by atoms with van der Waals surface area (Å²) in [6.07, 6.45) is 1.06. The largest absolute Gasteiger partial charge is 0.339 e. The summed E-state index contributed by atoms with van der Waals surface area (Å²) < 4.78 is 26.6. The van der Waals surface area contributed by atoms with Crippen LogP contribution >= 0.6 is 0 Å². The van der Waals surface area contributed by atoms with Crippen LogP contribution in [0.25, 0.3) is 0 Å². The summed E-state index contributed by atoms with van der Waals surface area (Å²) in [4.78, 5) is 30.3. The maximum atomic E-state index is 13.6. The molecule has 1 aromatic heterocycles. The number of nitrogens with zero attached hydrogens (tertiary/aromatic N) is 3. The monoisotopic (exact) mass is 297 g/mol. The van der Waals surface area contributed by atoms with Gasteiger partial charge in [-0.25, -0.2) is 9.37 Å². The van der Waals surface area contributed by atoms with Crippen LogP contribution in [-0.2, 0) is 4.79 Å². The molecule has 0 radical (unpaired) electrons. The molecule has 0 N–H and O–H groups in total. The number of hydrogen-bond acceptors (Lipinski definition) is 3. The van der Waals surface area contributed by atoms with Gasteiger partial charge in [-0.2, -0.15) is 4.39 Å². The Kier molecular flexibility index (Phi) is 4.50. The number of pyridine rings is 1. The molecule has 1 aliphatic heterocycles. The van der Waals surface area contributed by atoms with Crippen molar-refractivity contribution in [1.82, 2.24) is 14.8 Å². The molecule has 2 rings (SSSR count). The van der Waals surface area contributed by atoms with Gasteiger partial charge in [0.2, 0.25) is 11.9 Å². The van der Waals surface area contributed by atoms with Crippen LogP contribution in [-0.4, -0.2) is 52.8 Å². The zero-order valence-electron chi connectivity index (χ0n) is 12.0. The molecular weight excluding hydrogens is 280 g/mol. The molecule has 0 aliphatic carbocycles. The van der Waals surface area contributed by atoms with E-state index in [-0.39, 0.29) is 17.4 Å². The van der Waals surface area contributed by atoms with E-state index >= 15 is 0 Å². The van der Waals surface area contributed by atoms with Gasteiger partial charge >= 0.3 is 0 Å². The second-order valence-electron chi connectivity index (χ2n) is 5.24. The first-order chi connectivity index (χ1) is 9.91. The predicted molar refractivity (Wildman–Crippen MR) is 71.5 cm³/mol. The minimum absolute atomic E-state index is 0.0308. The molecule has 21 heavy (non-hydrogen) atoms. The Labute approximate surface area is 121 Å². The van der Waals surface area contributed by atoms with Gasteiger partial charge in [0.15, 0.2) is 5.82 Å². The molecule has 5 nitrogen and oxygen atoms in total. The van der Waals surface area contributed by atoms with Crippen molar-refractivity contribution < 1.29 is 18.4 Å². The van der Waals surface area contributed by atoms with Crippen LogP contribution in [0.2, 0.25) is 0 Å². The summed E-state index contributed by atoms with van der Waals surface area (Å²) in [5, 5.41) is 0. The van der Waals surface area contributed by atoms with E-state index in [1.807, 2.05) is 13.8 Å². The molecule has 0 unspecified atom stereocenters. The van der Waals surface area contributed by atoms with E-state index in [0.717, 1.165) is 12.3 Å². The van der Waals surface area contributed by atoms with Crippen molar-refractivity contribution in [2.24, 2.45) is 5.92 Å². The fourth-order valence-corrected chi connectivity index (χ4v) is 2.25. The van der Waals surface area contributed by atoms with E-state index in [4.69, 9.17) is 0 Å². The Morgan fingerprint density at radius 2 is 1.71 bits per heavy atom. The highest BCUT2D eigenvalue weighted by Gasteiger charge is 2.27. The Bertz CT molecular complexity index is 555. The van der Waals surface area contributed by atoms with Crippen LogP contribution in [0.15, 0.2) is 12.3 Å². The van der Waals surface area contributed by atoms with Crippen molar-refractivity contribution in [2.45, 2.75) is 13.8 Å². The van der Waals surface area contributed by atoms with Gasteiger partial charge in [0.25, 0.3) is 5.91 Å². The van der Waals surface area contributed by atoms with E-state index < -0.39 is 17.7 Å². The van der Waals surface area contributed by atoms with E-state index in [2.05, 4.69) is 4.98 Å². The van der Waals surface area contributed by atoms with Crippen LogP contribution in [0.4, 0.5) is 8.78 Å². The average molecular weight is 297 g/mol. The fraction of sp³-hybridized carbons (Fsp3) is 0.500. The first kappa shape index (κ1) is 15.3. The summed E-state index contributed by atoms with van der Waals surface area (Å²) in [6.45, 7) is 5.04. The molecule has 0 saturated carbocycles. The molecule has 2 amide bonds. The molecule has 0 atom stereocenters. The predicted octanol–water partition coefficient (Wildman–Crippen LogP) is 1.30. The van der Waals surface area contributed by atoms with Gasteiger partial charge in [-0.1, -0.05) is 13.8 Å². The van der Waals surface area contributed by atoms with Gasteiger partial charge in [0.1, 0.15) is 0 Å². The maximum absolute atomic E-state index is 13.6. The van der Waals surface area contributed by atoms with Crippen LogP contribution in [0.3, 0.4) is 0 Å². The van der Waals surface area contributed by atoms with E-state index in [1.165, 1.54) is 4.90 Å². The number of carbonyl (C=O) groups is 2. The number of aromatic nitrogens is 1. The minimum atomic E-state index is -1.28. The van der Waals surface area contributed by atoms with Crippen molar-refractivity contribution in [3.05, 3.63) is 29.6 Å². The van der Waals surface area contributed by atoms with Crippen LogP contribution in [0.1, 0.15) is 24.2 Å². The van der Waals surface area contributed by atoms with Gasteiger partial charge in [-0.3, -0.25) is 9.59 Å². The fourth-order valence-electron chi connectivity index (χ4n) is 2.25. The molecule has 1 aromatic rings. The summed E-state index contributed by atoms with van der Waals surface area (Å²) in [5.74, 6) is -3.16. The third-order valence-electron chi connectivity index (χ3n) is 3.45.